The third-order valence-electron chi connectivity index (χ3n) is 6.96. The van der Waals surface area contributed by atoms with Crippen LogP contribution in [0.1, 0.15) is 46.1 Å². The number of carbonyl (C=O) groups excluding carboxylic acids is 2. The summed E-state index contributed by atoms with van der Waals surface area (Å²) in [6.45, 7) is 3.08. The Morgan fingerprint density at radius 3 is 2.67 bits per heavy atom. The molecule has 8 nitrogen and oxygen atoms in total. The molecule has 2 N–H and O–H groups in total. The fourth-order valence-electron chi connectivity index (χ4n) is 5.01. The molecule has 0 saturated heterocycles. The van der Waals surface area contributed by atoms with Crippen LogP contribution in [0.3, 0.4) is 0 Å². The first-order valence-corrected chi connectivity index (χ1v) is 15.2. The topological polar surface area (TPSA) is 102 Å². The summed E-state index contributed by atoms with van der Waals surface area (Å²) < 4.78 is 7.94. The molecule has 5 aromatic rings. The Morgan fingerprint density at radius 2 is 1.85 bits per heavy atom. The number of aromatic nitrogens is 3. The Kier molecular flexibility index (Phi) is 7.70. The Morgan fingerprint density at radius 1 is 1.05 bits per heavy atom. The van der Waals surface area contributed by atoms with Crippen molar-refractivity contribution in [1.29, 1.82) is 0 Å². The van der Waals surface area contributed by atoms with Crippen LogP contribution in [0.5, 0.6) is 0 Å². The monoisotopic (exact) mass is 571 g/mol. The van der Waals surface area contributed by atoms with Gasteiger partial charge in [-0.05, 0) is 55.9 Å². The highest BCUT2D eigenvalue weighted by atomic mass is 32.2. The fourth-order valence-corrected chi connectivity index (χ4v) is 7.11. The zero-order valence-electron chi connectivity index (χ0n) is 22.1. The van der Waals surface area contributed by atoms with Crippen molar-refractivity contribution in [1.82, 2.24) is 20.1 Å². The zero-order chi connectivity index (χ0) is 27.5. The summed E-state index contributed by atoms with van der Waals surface area (Å²) in [6.07, 6.45) is 3.94. The lowest BCUT2D eigenvalue weighted by atomic mass is 9.95. The molecule has 0 atom stereocenters. The van der Waals surface area contributed by atoms with Gasteiger partial charge in [0.05, 0.1) is 11.3 Å². The number of thioether (sulfide) groups is 1. The maximum Gasteiger partial charge on any atom is 0.254 e. The molecule has 0 fully saturated rings. The fraction of sp³-hybridized carbons (Fsp3) is 0.267. The molecular weight excluding hydrogens is 542 g/mol. The lowest BCUT2D eigenvalue weighted by Gasteiger charge is -2.13. The van der Waals surface area contributed by atoms with E-state index in [2.05, 4.69) is 20.8 Å². The van der Waals surface area contributed by atoms with Crippen molar-refractivity contribution in [3.05, 3.63) is 82.2 Å². The van der Waals surface area contributed by atoms with Crippen LogP contribution in [0.15, 0.2) is 70.2 Å². The molecular formula is C30H29N5O3S2. The van der Waals surface area contributed by atoms with Gasteiger partial charge in [0, 0.05) is 23.4 Å². The van der Waals surface area contributed by atoms with Gasteiger partial charge in [-0.15, -0.1) is 21.5 Å². The van der Waals surface area contributed by atoms with Gasteiger partial charge in [0.1, 0.15) is 10.6 Å². The summed E-state index contributed by atoms with van der Waals surface area (Å²) in [7, 11) is 0. The maximum atomic E-state index is 13.3. The number of aryl methyl sites for hydroxylation is 1. The van der Waals surface area contributed by atoms with E-state index in [0.717, 1.165) is 47.8 Å². The summed E-state index contributed by atoms with van der Waals surface area (Å²) in [5, 5.41) is 17.0. The first-order valence-electron chi connectivity index (χ1n) is 13.4. The van der Waals surface area contributed by atoms with Crippen molar-refractivity contribution in [2.45, 2.75) is 50.9 Å². The highest BCUT2D eigenvalue weighted by molar-refractivity contribution is 7.99. The van der Waals surface area contributed by atoms with E-state index in [1.54, 1.807) is 0 Å². The van der Waals surface area contributed by atoms with E-state index >= 15 is 0 Å². The Balaban J connectivity index is 1.16. The predicted molar refractivity (Wildman–Crippen MR) is 159 cm³/mol. The van der Waals surface area contributed by atoms with Gasteiger partial charge in [-0.2, -0.15) is 0 Å². The maximum absolute atomic E-state index is 13.3. The normalized spacial score (nSPS) is 12.8. The molecule has 6 rings (SSSR count). The van der Waals surface area contributed by atoms with Crippen LogP contribution in [0, 0.1) is 0 Å². The molecule has 3 heterocycles. The number of nitrogens with zero attached hydrogens (tertiary/aromatic N) is 3. The lowest BCUT2D eigenvalue weighted by molar-refractivity contribution is -0.113. The number of para-hydroxylation sites is 1. The van der Waals surface area contributed by atoms with Gasteiger partial charge >= 0.3 is 0 Å². The van der Waals surface area contributed by atoms with Gasteiger partial charge in [-0.1, -0.05) is 60.3 Å². The minimum atomic E-state index is -0.184. The van der Waals surface area contributed by atoms with Gasteiger partial charge in [0.25, 0.3) is 5.91 Å². The number of hydrogen-bond acceptors (Lipinski definition) is 7. The third kappa shape index (κ3) is 5.41. The van der Waals surface area contributed by atoms with E-state index in [4.69, 9.17) is 4.42 Å². The average molecular weight is 572 g/mol. The molecule has 0 saturated carbocycles. The van der Waals surface area contributed by atoms with Crippen LogP contribution in [0.4, 0.5) is 5.00 Å². The van der Waals surface area contributed by atoms with Gasteiger partial charge in [-0.25, -0.2) is 0 Å². The van der Waals surface area contributed by atoms with Gasteiger partial charge in [-0.3, -0.25) is 14.2 Å². The molecule has 0 radical (unpaired) electrons. The number of carbonyl (C=O) groups is 2. The van der Waals surface area contributed by atoms with Crippen molar-refractivity contribution in [3.63, 3.8) is 0 Å². The molecule has 0 spiro atoms. The van der Waals surface area contributed by atoms with E-state index in [1.165, 1.54) is 28.0 Å². The molecule has 0 aliphatic heterocycles. The van der Waals surface area contributed by atoms with Crippen LogP contribution >= 0.6 is 23.1 Å². The van der Waals surface area contributed by atoms with Crippen LogP contribution in [0.25, 0.3) is 22.6 Å². The van der Waals surface area contributed by atoms with E-state index in [0.29, 0.717) is 40.4 Å². The number of fused-ring (bicyclic) bond motifs is 2. The Bertz CT molecular complexity index is 1640. The van der Waals surface area contributed by atoms with Crippen LogP contribution in [-0.4, -0.2) is 32.3 Å². The summed E-state index contributed by atoms with van der Waals surface area (Å²) in [4.78, 5) is 27.6. The minimum absolute atomic E-state index is 0.145. The van der Waals surface area contributed by atoms with Crippen molar-refractivity contribution < 1.29 is 14.0 Å². The van der Waals surface area contributed by atoms with E-state index in [1.807, 2.05) is 72.2 Å². The molecule has 2 amide bonds. The molecule has 3 aromatic heterocycles. The summed E-state index contributed by atoms with van der Waals surface area (Å²) in [6, 6.07) is 19.6. The van der Waals surface area contributed by atoms with Crippen molar-refractivity contribution >= 4 is 50.9 Å². The number of thiophene rings is 1. The molecule has 1 aliphatic rings. The number of nitrogens with one attached hydrogen (secondary N) is 2. The van der Waals surface area contributed by atoms with Crippen molar-refractivity contribution in [2.24, 2.45) is 0 Å². The highest BCUT2D eigenvalue weighted by Gasteiger charge is 2.26. The number of furan rings is 1. The third-order valence-corrected chi connectivity index (χ3v) is 9.13. The number of benzene rings is 2. The molecule has 0 bridgehead atoms. The molecule has 0 unspecified atom stereocenters. The largest absolute Gasteiger partial charge is 0.453 e. The molecule has 10 heteroatoms. The summed E-state index contributed by atoms with van der Waals surface area (Å²) >= 11 is 2.84. The van der Waals surface area contributed by atoms with Crippen LogP contribution in [-0.2, 0) is 30.7 Å². The quantitative estimate of drug-likeness (QED) is 0.201. The number of amides is 2. The molecule has 1 aliphatic carbocycles. The van der Waals surface area contributed by atoms with Crippen molar-refractivity contribution in [3.8, 4) is 11.6 Å². The van der Waals surface area contributed by atoms with E-state index in [-0.39, 0.29) is 17.6 Å². The standard InChI is InChI=1S/C30H29N5O3S2/c1-2-35-27(23-16-20-12-6-8-14-22(20)38-23)33-34-30(35)39-18-25(36)32-29-26(21-13-7-9-15-24(21)40-29)28(37)31-17-19-10-4-3-5-11-19/h3-6,8,10-12,14,16H,2,7,9,13,15,17-18H2,1H3,(H,31,37)(H,32,36). The Labute approximate surface area is 240 Å². The molecule has 2 aromatic carbocycles. The van der Waals surface area contributed by atoms with E-state index < -0.39 is 0 Å². The number of rotatable bonds is 9. The van der Waals surface area contributed by atoms with Crippen molar-refractivity contribution in [2.75, 3.05) is 11.1 Å². The Hall–Kier alpha value is -3.89. The second-order valence-corrected chi connectivity index (χ2v) is 11.7. The number of anilines is 1. The van der Waals surface area contributed by atoms with E-state index in [9.17, 15) is 9.59 Å². The molecule has 204 valence electrons. The second-order valence-electron chi connectivity index (χ2n) is 9.62. The lowest BCUT2D eigenvalue weighted by Crippen LogP contribution is -2.25. The van der Waals surface area contributed by atoms with Crippen LogP contribution < -0.4 is 10.6 Å². The number of hydrogen-bond donors (Lipinski definition) is 2. The minimum Gasteiger partial charge on any atom is -0.453 e. The molecule has 40 heavy (non-hydrogen) atoms. The second kappa shape index (κ2) is 11.7. The smallest absolute Gasteiger partial charge is 0.254 e. The van der Waals surface area contributed by atoms with Crippen LogP contribution in [0.2, 0.25) is 0 Å². The average Bonchev–Trinajstić information content (AvgIpc) is 3.69. The SMILES string of the molecule is CCn1c(SCC(=O)Nc2sc3c(c2C(=O)NCc2ccccc2)CCCC3)nnc1-c1cc2ccccc2o1. The van der Waals surface area contributed by atoms with Gasteiger partial charge in [0.15, 0.2) is 10.9 Å². The summed E-state index contributed by atoms with van der Waals surface area (Å²) in [5.41, 5.74) is 3.51. The first-order chi connectivity index (χ1) is 19.6. The van der Waals surface area contributed by atoms with Gasteiger partial charge < -0.3 is 15.1 Å². The highest BCUT2D eigenvalue weighted by Crippen LogP contribution is 2.38. The first kappa shape index (κ1) is 26.3. The van der Waals surface area contributed by atoms with Gasteiger partial charge in [0.2, 0.25) is 11.7 Å². The predicted octanol–water partition coefficient (Wildman–Crippen LogP) is 6.31. The zero-order valence-corrected chi connectivity index (χ0v) is 23.7. The summed E-state index contributed by atoms with van der Waals surface area (Å²) in [5.74, 6) is 1.09.